The Balaban J connectivity index is 0.00000208. The normalized spacial score (nSPS) is 10.5. The number of aromatic nitrogens is 4. The molecule has 2 heterocycles. The highest BCUT2D eigenvalue weighted by atomic mass is 35.5. The van der Waals surface area contributed by atoms with Crippen molar-refractivity contribution in [2.45, 2.75) is 18.1 Å². The quantitative estimate of drug-likeness (QED) is 0.439. The Hall–Kier alpha value is -1.83. The van der Waals surface area contributed by atoms with Gasteiger partial charge < -0.3 is 22.1 Å². The van der Waals surface area contributed by atoms with E-state index < -0.39 is 0 Å². The van der Waals surface area contributed by atoms with Crippen molar-refractivity contribution in [3.8, 4) is 11.3 Å². The van der Waals surface area contributed by atoms with E-state index in [1.165, 1.54) is 0 Å². The van der Waals surface area contributed by atoms with Crippen LogP contribution < -0.4 is 17.7 Å². The second-order valence-corrected chi connectivity index (χ2v) is 6.16. The second kappa shape index (κ2) is 9.46. The monoisotopic (exact) mass is 364 g/mol. The Morgan fingerprint density at radius 1 is 1.17 bits per heavy atom. The number of benzene rings is 1. The van der Waals surface area contributed by atoms with Crippen molar-refractivity contribution >= 4 is 11.8 Å². The molecule has 0 fully saturated rings. The molecule has 2 aromatic heterocycles. The standard InChI is InChI=1S/C16H19N5OS.ClH/c1-21-16(18-19-20-21)23-11-5-10-17-12-14-8-9-15(22-14)13-6-3-2-4-7-13;/h2-4,6-9,17H,5,10-12H2,1H3;1H/p-1. The average molecular weight is 365 g/mol. The molecule has 3 aromatic rings. The van der Waals surface area contributed by atoms with Crippen LogP contribution in [0.5, 0.6) is 0 Å². The van der Waals surface area contributed by atoms with E-state index in [-0.39, 0.29) is 12.4 Å². The van der Waals surface area contributed by atoms with Gasteiger partial charge in [-0.2, -0.15) is 0 Å². The van der Waals surface area contributed by atoms with Crippen LogP contribution in [0.1, 0.15) is 12.2 Å². The SMILES string of the molecule is Cn1nnnc1SCCCNCc1ccc(-c2ccccc2)o1.[Cl-]. The van der Waals surface area contributed by atoms with E-state index in [4.69, 9.17) is 4.42 Å². The van der Waals surface area contributed by atoms with E-state index in [1.807, 2.05) is 37.4 Å². The maximum atomic E-state index is 5.85. The molecule has 128 valence electrons. The zero-order valence-electron chi connectivity index (χ0n) is 13.4. The Labute approximate surface area is 151 Å². The van der Waals surface area contributed by atoms with Gasteiger partial charge in [0, 0.05) is 18.4 Å². The van der Waals surface area contributed by atoms with E-state index in [2.05, 4.69) is 33.0 Å². The highest BCUT2D eigenvalue weighted by Gasteiger charge is 2.04. The fourth-order valence-electron chi connectivity index (χ4n) is 2.15. The van der Waals surface area contributed by atoms with Gasteiger partial charge in [0.15, 0.2) is 0 Å². The third kappa shape index (κ3) is 5.09. The van der Waals surface area contributed by atoms with Gasteiger partial charge >= 0.3 is 0 Å². The van der Waals surface area contributed by atoms with Crippen molar-refractivity contribution in [3.63, 3.8) is 0 Å². The lowest BCUT2D eigenvalue weighted by Crippen LogP contribution is -3.00. The highest BCUT2D eigenvalue weighted by Crippen LogP contribution is 2.21. The summed E-state index contributed by atoms with van der Waals surface area (Å²) < 4.78 is 7.54. The summed E-state index contributed by atoms with van der Waals surface area (Å²) >= 11 is 1.66. The van der Waals surface area contributed by atoms with Crippen LogP contribution in [0.15, 0.2) is 52.0 Å². The molecular weight excluding hydrogens is 346 g/mol. The van der Waals surface area contributed by atoms with Gasteiger partial charge in [0.25, 0.3) is 0 Å². The lowest BCUT2D eigenvalue weighted by Gasteiger charge is -2.02. The third-order valence-corrected chi connectivity index (χ3v) is 4.43. The predicted molar refractivity (Wildman–Crippen MR) is 90.0 cm³/mol. The smallest absolute Gasteiger partial charge is 0.209 e. The van der Waals surface area contributed by atoms with Crippen LogP contribution >= 0.6 is 11.8 Å². The number of rotatable bonds is 8. The van der Waals surface area contributed by atoms with Crippen LogP contribution in [0, 0.1) is 0 Å². The van der Waals surface area contributed by atoms with Crippen LogP contribution in [0.25, 0.3) is 11.3 Å². The van der Waals surface area contributed by atoms with E-state index in [0.29, 0.717) is 0 Å². The minimum absolute atomic E-state index is 0. The molecular formula is C16H19ClN5OS-. The Bertz CT molecular complexity index is 731. The van der Waals surface area contributed by atoms with Gasteiger partial charge in [-0.1, -0.05) is 42.1 Å². The molecule has 1 N–H and O–H groups in total. The fourth-order valence-corrected chi connectivity index (χ4v) is 2.94. The number of tetrazole rings is 1. The van der Waals surface area contributed by atoms with Gasteiger partial charge in [-0.15, -0.1) is 5.10 Å². The number of hydrogen-bond acceptors (Lipinski definition) is 6. The first-order valence-electron chi connectivity index (χ1n) is 7.53. The second-order valence-electron chi connectivity index (χ2n) is 5.10. The van der Waals surface area contributed by atoms with Gasteiger partial charge in [0.05, 0.1) is 6.54 Å². The summed E-state index contributed by atoms with van der Waals surface area (Å²) in [6, 6.07) is 14.2. The van der Waals surface area contributed by atoms with Crippen molar-refractivity contribution in [1.82, 2.24) is 25.5 Å². The lowest BCUT2D eigenvalue weighted by atomic mass is 10.2. The molecule has 0 spiro atoms. The summed E-state index contributed by atoms with van der Waals surface area (Å²) in [5.74, 6) is 2.84. The van der Waals surface area contributed by atoms with E-state index in [1.54, 1.807) is 16.4 Å². The molecule has 0 amide bonds. The molecule has 0 aliphatic carbocycles. The van der Waals surface area contributed by atoms with Crippen LogP contribution in [-0.4, -0.2) is 32.5 Å². The summed E-state index contributed by atoms with van der Waals surface area (Å²) in [6.07, 6.45) is 1.05. The molecule has 24 heavy (non-hydrogen) atoms. The van der Waals surface area contributed by atoms with E-state index >= 15 is 0 Å². The minimum Gasteiger partial charge on any atom is -1.00 e. The zero-order chi connectivity index (χ0) is 15.9. The molecule has 3 rings (SSSR count). The number of nitrogens with one attached hydrogen (secondary N) is 1. The van der Waals surface area contributed by atoms with Crippen LogP contribution in [0.2, 0.25) is 0 Å². The van der Waals surface area contributed by atoms with Crippen LogP contribution in [-0.2, 0) is 13.6 Å². The molecule has 0 saturated heterocycles. The fraction of sp³-hybridized carbons (Fsp3) is 0.312. The molecule has 0 saturated carbocycles. The number of furan rings is 1. The largest absolute Gasteiger partial charge is 1.00 e. The number of aryl methyl sites for hydroxylation is 1. The first kappa shape index (κ1) is 18.5. The third-order valence-electron chi connectivity index (χ3n) is 3.33. The number of halogens is 1. The maximum absolute atomic E-state index is 5.85. The van der Waals surface area contributed by atoms with Crippen molar-refractivity contribution in [2.75, 3.05) is 12.3 Å². The summed E-state index contributed by atoms with van der Waals surface area (Å²) in [5, 5.41) is 15.6. The van der Waals surface area contributed by atoms with Crippen molar-refractivity contribution in [3.05, 3.63) is 48.2 Å². The molecule has 0 bridgehead atoms. The molecule has 1 aromatic carbocycles. The maximum Gasteiger partial charge on any atom is 0.209 e. The first-order valence-corrected chi connectivity index (χ1v) is 8.51. The zero-order valence-corrected chi connectivity index (χ0v) is 14.9. The van der Waals surface area contributed by atoms with Crippen LogP contribution in [0.4, 0.5) is 0 Å². The van der Waals surface area contributed by atoms with Crippen LogP contribution in [0.3, 0.4) is 0 Å². The van der Waals surface area contributed by atoms with Gasteiger partial charge in [0.2, 0.25) is 5.16 Å². The molecule has 0 radical (unpaired) electrons. The van der Waals surface area contributed by atoms with E-state index in [9.17, 15) is 0 Å². The van der Waals surface area contributed by atoms with Gasteiger partial charge in [-0.25, -0.2) is 4.68 Å². The first-order chi connectivity index (χ1) is 11.3. The van der Waals surface area contributed by atoms with E-state index in [0.717, 1.165) is 47.5 Å². The number of nitrogens with zero attached hydrogens (tertiary/aromatic N) is 4. The van der Waals surface area contributed by atoms with Crippen molar-refractivity contribution < 1.29 is 16.8 Å². The molecule has 0 aliphatic heterocycles. The average Bonchev–Trinajstić information content (AvgIpc) is 3.21. The lowest BCUT2D eigenvalue weighted by molar-refractivity contribution is -0.00000544. The molecule has 0 aliphatic rings. The molecule has 0 unspecified atom stereocenters. The number of hydrogen-bond donors (Lipinski definition) is 1. The topological polar surface area (TPSA) is 68.8 Å². The molecule has 0 atom stereocenters. The Morgan fingerprint density at radius 3 is 2.75 bits per heavy atom. The molecule has 8 heteroatoms. The number of thioether (sulfide) groups is 1. The Kier molecular flexibility index (Phi) is 7.30. The van der Waals surface area contributed by atoms with Gasteiger partial charge in [-0.3, -0.25) is 0 Å². The Morgan fingerprint density at radius 2 is 2.00 bits per heavy atom. The van der Waals surface area contributed by atoms with Gasteiger partial charge in [-0.05, 0) is 35.5 Å². The van der Waals surface area contributed by atoms with Crippen molar-refractivity contribution in [2.24, 2.45) is 7.05 Å². The summed E-state index contributed by atoms with van der Waals surface area (Å²) in [4.78, 5) is 0. The predicted octanol–water partition coefficient (Wildman–Crippen LogP) is -0.254. The van der Waals surface area contributed by atoms with Crippen molar-refractivity contribution in [1.29, 1.82) is 0 Å². The summed E-state index contributed by atoms with van der Waals surface area (Å²) in [7, 11) is 1.85. The summed E-state index contributed by atoms with van der Waals surface area (Å²) in [6.45, 7) is 1.67. The summed E-state index contributed by atoms with van der Waals surface area (Å²) in [5.41, 5.74) is 1.10. The highest BCUT2D eigenvalue weighted by molar-refractivity contribution is 7.99. The minimum atomic E-state index is 0. The molecule has 6 nitrogen and oxygen atoms in total. The van der Waals surface area contributed by atoms with Gasteiger partial charge in [0.1, 0.15) is 11.5 Å².